The van der Waals surface area contributed by atoms with Crippen LogP contribution in [-0.4, -0.2) is 15.5 Å². The highest BCUT2D eigenvalue weighted by molar-refractivity contribution is 6.30. The van der Waals surface area contributed by atoms with Crippen LogP contribution in [0.25, 0.3) is 22.4 Å². The lowest BCUT2D eigenvalue weighted by atomic mass is 9.81. The van der Waals surface area contributed by atoms with E-state index in [0.29, 0.717) is 40.8 Å². The smallest absolute Gasteiger partial charge is 0.325 e. The predicted octanol–water partition coefficient (Wildman–Crippen LogP) is 8.29. The molecule has 1 aliphatic rings. The number of hydrogen-bond donors (Lipinski definition) is 1. The van der Waals surface area contributed by atoms with Crippen LogP contribution in [-0.2, 0) is 11.0 Å². The number of nitrogens with zero attached hydrogens (tertiary/aromatic N) is 3. The predicted molar refractivity (Wildman–Crippen MR) is 140 cm³/mol. The molecule has 5 nitrogen and oxygen atoms in total. The molecular formula is C29H22ClF5N4O. The number of rotatable bonds is 5. The fourth-order valence-electron chi connectivity index (χ4n) is 5.39. The Hall–Kier alpha value is -3.97. The number of imidazole rings is 1. The Bertz CT molecular complexity index is 1620. The Morgan fingerprint density at radius 3 is 2.45 bits per heavy atom. The van der Waals surface area contributed by atoms with Crippen LogP contribution in [0.2, 0.25) is 5.02 Å². The normalized spacial score (nSPS) is 17.5. The standard InChI is InChI=1S/C29H22ClF5N4O/c30-19-8-6-17(7-9-19)28-38-24-13-21(31)22(32)14-26(24)39(28)25-4-2-1-3-18(25)12-27(40)37-23-10-5-16(15-36)11-20(23)29(33,34)35/h5-11,13-14,18,25H,1-4,12H2,(H,37,40). The van der Waals surface area contributed by atoms with Crippen LogP contribution in [0, 0.1) is 28.9 Å². The van der Waals surface area contributed by atoms with E-state index in [1.165, 1.54) is 6.07 Å². The molecule has 2 atom stereocenters. The molecule has 3 aromatic carbocycles. The topological polar surface area (TPSA) is 70.7 Å². The minimum atomic E-state index is -4.77. The summed E-state index contributed by atoms with van der Waals surface area (Å²) in [5, 5.41) is 11.9. The first-order chi connectivity index (χ1) is 19.0. The van der Waals surface area contributed by atoms with Crippen molar-refractivity contribution in [2.75, 3.05) is 5.32 Å². The van der Waals surface area contributed by atoms with Crippen molar-refractivity contribution in [3.8, 4) is 17.5 Å². The van der Waals surface area contributed by atoms with Crippen molar-refractivity contribution in [2.45, 2.75) is 44.3 Å². The summed E-state index contributed by atoms with van der Waals surface area (Å²) in [7, 11) is 0. The van der Waals surface area contributed by atoms with Crippen molar-refractivity contribution < 1.29 is 26.7 Å². The van der Waals surface area contributed by atoms with E-state index < -0.39 is 35.0 Å². The van der Waals surface area contributed by atoms with Gasteiger partial charge in [-0.25, -0.2) is 13.8 Å². The Balaban J connectivity index is 1.51. The molecule has 1 heterocycles. The average Bonchev–Trinajstić information content (AvgIpc) is 3.27. The van der Waals surface area contributed by atoms with Gasteiger partial charge in [0.05, 0.1) is 33.9 Å². The minimum absolute atomic E-state index is 0.106. The monoisotopic (exact) mass is 572 g/mol. The number of fused-ring (bicyclic) bond motifs is 1. The zero-order chi connectivity index (χ0) is 28.6. The minimum Gasteiger partial charge on any atom is -0.325 e. The van der Waals surface area contributed by atoms with E-state index in [1.807, 2.05) is 0 Å². The molecule has 0 spiro atoms. The van der Waals surface area contributed by atoms with Gasteiger partial charge in [0.1, 0.15) is 5.82 Å². The zero-order valence-electron chi connectivity index (χ0n) is 20.9. The second kappa shape index (κ2) is 10.9. The maximum atomic E-state index is 14.4. The summed E-state index contributed by atoms with van der Waals surface area (Å²) in [5.41, 5.74) is -0.470. The van der Waals surface area contributed by atoms with Crippen LogP contribution in [0.4, 0.5) is 27.6 Å². The summed E-state index contributed by atoms with van der Waals surface area (Å²) >= 11 is 6.05. The van der Waals surface area contributed by atoms with Gasteiger partial charge in [-0.1, -0.05) is 24.4 Å². The lowest BCUT2D eigenvalue weighted by Crippen LogP contribution is -2.28. The van der Waals surface area contributed by atoms with E-state index in [9.17, 15) is 26.7 Å². The summed E-state index contributed by atoms with van der Waals surface area (Å²) in [4.78, 5) is 17.7. The first-order valence-electron chi connectivity index (χ1n) is 12.6. The SMILES string of the molecule is N#Cc1ccc(NC(=O)CC2CCCCC2n2c(-c3ccc(Cl)cc3)nc3cc(F)c(F)cc32)c(C(F)(F)F)c1. The van der Waals surface area contributed by atoms with Gasteiger partial charge in [0.25, 0.3) is 0 Å². The van der Waals surface area contributed by atoms with Crippen molar-refractivity contribution in [1.29, 1.82) is 5.26 Å². The van der Waals surface area contributed by atoms with Crippen molar-refractivity contribution in [2.24, 2.45) is 5.92 Å². The highest BCUT2D eigenvalue weighted by Crippen LogP contribution is 2.42. The third-order valence-corrected chi connectivity index (χ3v) is 7.46. The van der Waals surface area contributed by atoms with Gasteiger partial charge in [0.2, 0.25) is 5.91 Å². The van der Waals surface area contributed by atoms with Gasteiger partial charge < -0.3 is 9.88 Å². The molecule has 40 heavy (non-hydrogen) atoms. The molecule has 0 bridgehead atoms. The van der Waals surface area contributed by atoms with Gasteiger partial charge in [0, 0.05) is 35.2 Å². The molecule has 1 fully saturated rings. The molecule has 0 radical (unpaired) electrons. The molecule has 206 valence electrons. The number of benzene rings is 3. The van der Waals surface area contributed by atoms with Gasteiger partial charge in [-0.05, 0) is 61.2 Å². The van der Waals surface area contributed by atoms with Gasteiger partial charge in [-0.2, -0.15) is 18.4 Å². The van der Waals surface area contributed by atoms with Gasteiger partial charge in [-0.3, -0.25) is 4.79 Å². The molecule has 1 saturated carbocycles. The molecule has 5 rings (SSSR count). The largest absolute Gasteiger partial charge is 0.418 e. The molecule has 2 unspecified atom stereocenters. The summed E-state index contributed by atoms with van der Waals surface area (Å²) in [5.74, 6) is -2.58. The second-order valence-corrected chi connectivity index (χ2v) is 10.2. The third kappa shape index (κ3) is 5.52. The number of carbonyl (C=O) groups excluding carboxylic acids is 1. The molecule has 0 saturated heterocycles. The van der Waals surface area contributed by atoms with Crippen molar-refractivity contribution in [3.63, 3.8) is 0 Å². The van der Waals surface area contributed by atoms with Crippen LogP contribution in [0.15, 0.2) is 54.6 Å². The van der Waals surface area contributed by atoms with Crippen molar-refractivity contribution in [3.05, 3.63) is 82.4 Å². The van der Waals surface area contributed by atoms with Gasteiger partial charge >= 0.3 is 6.18 Å². The number of nitriles is 1. The zero-order valence-corrected chi connectivity index (χ0v) is 21.7. The Kier molecular flexibility index (Phi) is 7.51. The van der Waals surface area contributed by atoms with E-state index >= 15 is 0 Å². The van der Waals surface area contributed by atoms with Crippen molar-refractivity contribution in [1.82, 2.24) is 9.55 Å². The van der Waals surface area contributed by atoms with Crippen LogP contribution < -0.4 is 5.32 Å². The molecule has 1 aromatic heterocycles. The average molecular weight is 573 g/mol. The molecule has 4 aromatic rings. The quantitative estimate of drug-likeness (QED) is 0.245. The van der Waals surface area contributed by atoms with E-state index in [0.717, 1.165) is 31.0 Å². The fourth-order valence-corrected chi connectivity index (χ4v) is 5.52. The fraction of sp³-hybridized carbons (Fsp3) is 0.276. The summed E-state index contributed by atoms with van der Waals surface area (Å²) in [6, 6.07) is 13.2. The van der Waals surface area contributed by atoms with Gasteiger partial charge in [0.15, 0.2) is 11.6 Å². The highest BCUT2D eigenvalue weighted by Gasteiger charge is 2.36. The first-order valence-corrected chi connectivity index (χ1v) is 13.0. The highest BCUT2D eigenvalue weighted by atomic mass is 35.5. The van der Waals surface area contributed by atoms with Crippen LogP contribution in [0.5, 0.6) is 0 Å². The van der Waals surface area contributed by atoms with E-state index in [4.69, 9.17) is 16.9 Å². The van der Waals surface area contributed by atoms with E-state index in [-0.39, 0.29) is 29.5 Å². The number of amides is 1. The summed E-state index contributed by atoms with van der Waals surface area (Å²) in [6.45, 7) is 0. The lowest BCUT2D eigenvalue weighted by Gasteiger charge is -2.34. The summed E-state index contributed by atoms with van der Waals surface area (Å²) < 4.78 is 71.2. The Morgan fingerprint density at radius 2 is 1.75 bits per heavy atom. The van der Waals surface area contributed by atoms with Crippen molar-refractivity contribution >= 4 is 34.2 Å². The molecule has 1 aliphatic carbocycles. The number of alkyl halides is 3. The van der Waals surface area contributed by atoms with E-state index in [1.54, 1.807) is 34.9 Å². The maximum absolute atomic E-state index is 14.4. The Morgan fingerprint density at radius 1 is 1.05 bits per heavy atom. The van der Waals surface area contributed by atoms with Gasteiger partial charge in [-0.15, -0.1) is 0 Å². The number of halogens is 6. The number of carbonyl (C=O) groups is 1. The number of hydrogen-bond acceptors (Lipinski definition) is 3. The van der Waals surface area contributed by atoms with Crippen LogP contribution in [0.1, 0.15) is 49.3 Å². The lowest BCUT2D eigenvalue weighted by molar-refractivity contribution is -0.137. The Labute approximate surface area is 231 Å². The van der Waals surface area contributed by atoms with Crippen LogP contribution >= 0.6 is 11.6 Å². The molecule has 1 amide bonds. The number of aromatic nitrogens is 2. The molecule has 0 aliphatic heterocycles. The van der Waals surface area contributed by atoms with Crippen LogP contribution in [0.3, 0.4) is 0 Å². The third-order valence-electron chi connectivity index (χ3n) is 7.21. The number of nitrogens with one attached hydrogen (secondary N) is 1. The maximum Gasteiger partial charge on any atom is 0.418 e. The first kappa shape index (κ1) is 27.6. The molecular weight excluding hydrogens is 551 g/mol. The van der Waals surface area contributed by atoms with E-state index in [2.05, 4.69) is 10.3 Å². The number of anilines is 1. The molecule has 11 heteroatoms. The molecule has 1 N–H and O–H groups in total. The second-order valence-electron chi connectivity index (χ2n) is 9.80. The summed E-state index contributed by atoms with van der Waals surface area (Å²) in [6.07, 6.45) is -2.07.